The van der Waals surface area contributed by atoms with Gasteiger partial charge in [-0.1, -0.05) is 13.8 Å². The molecular formula is C9H17NO4. The van der Waals surface area contributed by atoms with Crippen LogP contribution in [0.5, 0.6) is 0 Å². The standard InChI is InChI=1S/C9H17NO4/c1-5(2)9(13)14-6(3)7(10-4)8(11)12/h5-7,10H,1-4H3,(H,11,12). The Morgan fingerprint density at radius 2 is 1.79 bits per heavy atom. The van der Waals surface area contributed by atoms with E-state index in [4.69, 9.17) is 9.84 Å². The summed E-state index contributed by atoms with van der Waals surface area (Å²) in [5, 5.41) is 11.3. The Kier molecular flexibility index (Phi) is 5.15. The number of ether oxygens (including phenoxy) is 1. The zero-order valence-electron chi connectivity index (χ0n) is 8.90. The highest BCUT2D eigenvalue weighted by Gasteiger charge is 2.26. The van der Waals surface area contributed by atoms with Gasteiger partial charge in [0.25, 0.3) is 0 Å². The fraction of sp³-hybridized carbons (Fsp3) is 0.778. The number of carboxylic acids is 1. The molecule has 2 unspecified atom stereocenters. The third kappa shape index (κ3) is 3.74. The van der Waals surface area contributed by atoms with Crippen molar-refractivity contribution in [2.45, 2.75) is 32.9 Å². The number of nitrogens with one attached hydrogen (secondary N) is 1. The lowest BCUT2D eigenvalue weighted by atomic mass is 10.2. The fourth-order valence-electron chi connectivity index (χ4n) is 0.946. The van der Waals surface area contributed by atoms with Crippen LogP contribution in [0.4, 0.5) is 0 Å². The molecule has 0 aliphatic heterocycles. The quantitative estimate of drug-likeness (QED) is 0.626. The van der Waals surface area contributed by atoms with Crippen LogP contribution in [0.25, 0.3) is 0 Å². The van der Waals surface area contributed by atoms with Crippen molar-refractivity contribution in [2.75, 3.05) is 7.05 Å². The minimum atomic E-state index is -1.03. The monoisotopic (exact) mass is 203 g/mol. The molecule has 0 aromatic rings. The highest BCUT2D eigenvalue weighted by molar-refractivity contribution is 5.76. The summed E-state index contributed by atoms with van der Waals surface area (Å²) in [6.45, 7) is 4.95. The highest BCUT2D eigenvalue weighted by atomic mass is 16.5. The van der Waals surface area contributed by atoms with Crippen molar-refractivity contribution < 1.29 is 19.4 Å². The number of carbonyl (C=O) groups is 2. The van der Waals surface area contributed by atoms with Gasteiger partial charge in [-0.25, -0.2) is 0 Å². The van der Waals surface area contributed by atoms with Crippen LogP contribution < -0.4 is 5.32 Å². The molecule has 0 saturated heterocycles. The van der Waals surface area contributed by atoms with E-state index in [1.54, 1.807) is 20.8 Å². The first kappa shape index (κ1) is 12.9. The molecule has 14 heavy (non-hydrogen) atoms. The molecule has 0 bridgehead atoms. The maximum absolute atomic E-state index is 11.2. The zero-order valence-corrected chi connectivity index (χ0v) is 8.90. The van der Waals surface area contributed by atoms with Crippen LogP contribution in [0.1, 0.15) is 20.8 Å². The highest BCUT2D eigenvalue weighted by Crippen LogP contribution is 2.04. The topological polar surface area (TPSA) is 75.6 Å². The maximum atomic E-state index is 11.2. The molecule has 0 aliphatic carbocycles. The largest absolute Gasteiger partial charge is 0.480 e. The Hall–Kier alpha value is -1.10. The van der Waals surface area contributed by atoms with Gasteiger partial charge < -0.3 is 15.2 Å². The summed E-state index contributed by atoms with van der Waals surface area (Å²) in [7, 11) is 1.51. The molecule has 0 fully saturated rings. The molecule has 2 N–H and O–H groups in total. The molecule has 0 spiro atoms. The van der Waals surface area contributed by atoms with E-state index in [0.29, 0.717) is 0 Å². The second-order valence-electron chi connectivity index (χ2n) is 3.40. The van der Waals surface area contributed by atoms with E-state index in [1.165, 1.54) is 7.05 Å². The van der Waals surface area contributed by atoms with Gasteiger partial charge in [-0.3, -0.25) is 9.59 Å². The van der Waals surface area contributed by atoms with Gasteiger partial charge in [0.15, 0.2) is 0 Å². The van der Waals surface area contributed by atoms with Crippen molar-refractivity contribution in [1.82, 2.24) is 5.32 Å². The summed E-state index contributed by atoms with van der Waals surface area (Å²) in [5.41, 5.74) is 0. The van der Waals surface area contributed by atoms with Crippen LogP contribution in [0.3, 0.4) is 0 Å². The third-order valence-corrected chi connectivity index (χ3v) is 1.82. The number of rotatable bonds is 5. The molecule has 0 aromatic carbocycles. The van der Waals surface area contributed by atoms with Crippen LogP contribution >= 0.6 is 0 Å². The number of carbonyl (C=O) groups excluding carboxylic acids is 1. The molecule has 0 heterocycles. The summed E-state index contributed by atoms with van der Waals surface area (Å²) in [4.78, 5) is 21.8. The number of esters is 1. The van der Waals surface area contributed by atoms with E-state index in [2.05, 4.69) is 5.32 Å². The van der Waals surface area contributed by atoms with Crippen LogP contribution in [-0.2, 0) is 14.3 Å². The molecule has 0 amide bonds. The Morgan fingerprint density at radius 1 is 1.29 bits per heavy atom. The number of likely N-dealkylation sites (N-methyl/N-ethyl adjacent to an activating group) is 1. The van der Waals surface area contributed by atoms with E-state index >= 15 is 0 Å². The smallest absolute Gasteiger partial charge is 0.324 e. The van der Waals surface area contributed by atoms with Crippen molar-refractivity contribution in [3.8, 4) is 0 Å². The minimum absolute atomic E-state index is 0.247. The third-order valence-electron chi connectivity index (χ3n) is 1.82. The lowest BCUT2D eigenvalue weighted by Crippen LogP contribution is -2.45. The first-order valence-corrected chi connectivity index (χ1v) is 4.50. The fourth-order valence-corrected chi connectivity index (χ4v) is 0.946. The molecule has 0 aliphatic rings. The zero-order chi connectivity index (χ0) is 11.3. The number of hydrogen-bond donors (Lipinski definition) is 2. The Bertz CT molecular complexity index is 215. The molecule has 0 radical (unpaired) electrons. The van der Waals surface area contributed by atoms with Gasteiger partial charge in [-0.15, -0.1) is 0 Å². The maximum Gasteiger partial charge on any atom is 0.324 e. The predicted octanol–water partition coefficient (Wildman–Crippen LogP) is 0.247. The second kappa shape index (κ2) is 5.59. The number of hydrogen-bond acceptors (Lipinski definition) is 4. The Morgan fingerprint density at radius 3 is 2.07 bits per heavy atom. The van der Waals surface area contributed by atoms with Gasteiger partial charge in [0.1, 0.15) is 12.1 Å². The van der Waals surface area contributed by atoms with E-state index in [9.17, 15) is 9.59 Å². The summed E-state index contributed by atoms with van der Waals surface area (Å²) in [5.74, 6) is -1.67. The van der Waals surface area contributed by atoms with Crippen molar-refractivity contribution in [1.29, 1.82) is 0 Å². The Balaban J connectivity index is 4.24. The first-order valence-electron chi connectivity index (χ1n) is 4.50. The van der Waals surface area contributed by atoms with Crippen molar-refractivity contribution >= 4 is 11.9 Å². The van der Waals surface area contributed by atoms with Crippen LogP contribution in [0.15, 0.2) is 0 Å². The minimum Gasteiger partial charge on any atom is -0.480 e. The van der Waals surface area contributed by atoms with E-state index in [0.717, 1.165) is 0 Å². The SMILES string of the molecule is CNC(C(=O)O)C(C)OC(=O)C(C)C. The van der Waals surface area contributed by atoms with E-state index in [-0.39, 0.29) is 11.9 Å². The molecule has 82 valence electrons. The van der Waals surface area contributed by atoms with Crippen LogP contribution in [-0.4, -0.2) is 36.2 Å². The van der Waals surface area contributed by atoms with Gasteiger partial charge in [0, 0.05) is 0 Å². The van der Waals surface area contributed by atoms with Gasteiger partial charge in [-0.05, 0) is 14.0 Å². The van der Waals surface area contributed by atoms with E-state index in [1.807, 2.05) is 0 Å². The van der Waals surface area contributed by atoms with Gasteiger partial charge in [-0.2, -0.15) is 0 Å². The lowest BCUT2D eigenvalue weighted by Gasteiger charge is -2.20. The second-order valence-corrected chi connectivity index (χ2v) is 3.40. The summed E-state index contributed by atoms with van der Waals surface area (Å²) in [6.07, 6.45) is -0.674. The first-order chi connectivity index (χ1) is 6.40. The molecule has 5 heteroatoms. The van der Waals surface area contributed by atoms with Crippen LogP contribution in [0.2, 0.25) is 0 Å². The van der Waals surface area contributed by atoms with Crippen LogP contribution in [0, 0.1) is 5.92 Å². The number of carboxylic acid groups (broad SMARTS) is 1. The summed E-state index contributed by atoms with van der Waals surface area (Å²) < 4.78 is 4.94. The van der Waals surface area contributed by atoms with Gasteiger partial charge >= 0.3 is 11.9 Å². The molecule has 2 atom stereocenters. The molecule has 5 nitrogen and oxygen atoms in total. The van der Waals surface area contributed by atoms with Gasteiger partial charge in [0.2, 0.25) is 0 Å². The van der Waals surface area contributed by atoms with Gasteiger partial charge in [0.05, 0.1) is 5.92 Å². The average molecular weight is 203 g/mol. The molecular weight excluding hydrogens is 186 g/mol. The summed E-state index contributed by atoms with van der Waals surface area (Å²) in [6, 6.07) is -0.863. The molecule has 0 saturated carbocycles. The van der Waals surface area contributed by atoms with E-state index < -0.39 is 18.1 Å². The normalized spacial score (nSPS) is 14.9. The Labute approximate surface area is 83.4 Å². The van der Waals surface area contributed by atoms with Crippen molar-refractivity contribution in [3.63, 3.8) is 0 Å². The van der Waals surface area contributed by atoms with Crippen molar-refractivity contribution in [3.05, 3.63) is 0 Å². The molecule has 0 aromatic heterocycles. The summed E-state index contributed by atoms with van der Waals surface area (Å²) >= 11 is 0. The average Bonchev–Trinajstić information content (AvgIpc) is 2.04. The predicted molar refractivity (Wildman–Crippen MR) is 50.9 cm³/mol. The van der Waals surface area contributed by atoms with Crippen molar-refractivity contribution in [2.24, 2.45) is 5.92 Å². The number of aliphatic carboxylic acids is 1. The lowest BCUT2D eigenvalue weighted by molar-refractivity contribution is -0.157. The molecule has 0 rings (SSSR count).